The molecule has 158 valence electrons. The number of sulfonamides is 1. The van der Waals surface area contributed by atoms with Crippen molar-refractivity contribution in [2.24, 2.45) is 0 Å². The van der Waals surface area contributed by atoms with E-state index in [1.807, 2.05) is 41.1 Å². The predicted molar refractivity (Wildman–Crippen MR) is 119 cm³/mol. The first-order valence-corrected chi connectivity index (χ1v) is 12.2. The van der Waals surface area contributed by atoms with Gasteiger partial charge in [0.05, 0.1) is 11.7 Å². The van der Waals surface area contributed by atoms with Crippen molar-refractivity contribution in [1.29, 1.82) is 0 Å². The number of nitrogens with zero attached hydrogens (tertiary/aromatic N) is 2. The van der Waals surface area contributed by atoms with Gasteiger partial charge in [-0.15, -0.1) is 0 Å². The van der Waals surface area contributed by atoms with Crippen molar-refractivity contribution in [2.45, 2.75) is 55.9 Å². The Balaban J connectivity index is 1.47. The third-order valence-corrected chi connectivity index (χ3v) is 7.55. The summed E-state index contributed by atoms with van der Waals surface area (Å²) in [6.45, 7) is 2.14. The largest absolute Gasteiger partial charge is 0.268 e. The molecule has 0 unspecified atom stereocenters. The minimum atomic E-state index is -3.59. The van der Waals surface area contributed by atoms with Crippen molar-refractivity contribution in [3.8, 4) is 0 Å². The Morgan fingerprint density at radius 2 is 1.57 bits per heavy atom. The Morgan fingerprint density at radius 1 is 1.00 bits per heavy atom. The Morgan fingerprint density at radius 3 is 2.13 bits per heavy atom. The molecule has 0 amide bonds. The first kappa shape index (κ1) is 20.8. The summed E-state index contributed by atoms with van der Waals surface area (Å²) in [5.74, 6) is 0.136. The second-order valence-corrected chi connectivity index (χ2v) is 9.79. The monoisotopic (exact) mass is 423 g/mol. The Labute approximate surface area is 179 Å². The summed E-state index contributed by atoms with van der Waals surface area (Å²) in [7, 11) is -3.59. The molecule has 1 fully saturated rings. The highest BCUT2D eigenvalue weighted by atomic mass is 32.2. The van der Waals surface area contributed by atoms with Crippen molar-refractivity contribution >= 4 is 10.0 Å². The number of rotatable bonds is 8. The third-order valence-electron chi connectivity index (χ3n) is 5.99. The smallest absolute Gasteiger partial charge is 0.243 e. The van der Waals surface area contributed by atoms with Gasteiger partial charge in [0.25, 0.3) is 0 Å². The summed E-state index contributed by atoms with van der Waals surface area (Å²) < 4.78 is 30.6. The molecule has 0 bridgehead atoms. The molecule has 4 rings (SSSR count). The number of nitrogens with one attached hydrogen (secondary N) is 1. The average molecular weight is 424 g/mol. The highest BCUT2D eigenvalue weighted by Crippen LogP contribution is 2.30. The van der Waals surface area contributed by atoms with Crippen molar-refractivity contribution < 1.29 is 8.42 Å². The minimum Gasteiger partial charge on any atom is -0.268 e. The first-order valence-electron chi connectivity index (χ1n) is 10.7. The van der Waals surface area contributed by atoms with Crippen LogP contribution < -0.4 is 4.72 Å². The lowest BCUT2D eigenvalue weighted by Crippen LogP contribution is -2.26. The summed E-state index contributed by atoms with van der Waals surface area (Å²) >= 11 is 0. The zero-order chi connectivity index (χ0) is 21.0. The quantitative estimate of drug-likeness (QED) is 0.566. The van der Waals surface area contributed by atoms with E-state index in [4.69, 9.17) is 0 Å². The average Bonchev–Trinajstić information content (AvgIpc) is 3.42. The van der Waals surface area contributed by atoms with E-state index in [1.54, 1.807) is 13.1 Å². The van der Waals surface area contributed by atoms with E-state index < -0.39 is 10.0 Å². The van der Waals surface area contributed by atoms with Gasteiger partial charge < -0.3 is 0 Å². The molecule has 1 heterocycles. The molecule has 0 radical (unpaired) electrons. The van der Waals surface area contributed by atoms with Gasteiger partial charge in [0.1, 0.15) is 4.90 Å². The van der Waals surface area contributed by atoms with Crippen LogP contribution in [-0.2, 0) is 10.0 Å². The lowest BCUT2D eigenvalue weighted by Gasteiger charge is -2.18. The van der Waals surface area contributed by atoms with E-state index >= 15 is 0 Å². The Kier molecular flexibility index (Phi) is 6.35. The topological polar surface area (TPSA) is 64.0 Å². The van der Waals surface area contributed by atoms with Gasteiger partial charge >= 0.3 is 0 Å². The fraction of sp³-hybridized carbons (Fsp3) is 0.375. The van der Waals surface area contributed by atoms with Crippen LogP contribution in [0.2, 0.25) is 0 Å². The van der Waals surface area contributed by atoms with Crippen molar-refractivity contribution in [3.05, 3.63) is 83.7 Å². The molecule has 2 aromatic carbocycles. The molecule has 0 atom stereocenters. The van der Waals surface area contributed by atoms with Crippen LogP contribution in [0.3, 0.4) is 0 Å². The predicted octanol–water partition coefficient (Wildman–Crippen LogP) is 4.81. The second kappa shape index (κ2) is 9.14. The van der Waals surface area contributed by atoms with Crippen LogP contribution in [0.25, 0.3) is 0 Å². The number of hydrogen-bond acceptors (Lipinski definition) is 3. The normalized spacial score (nSPS) is 15.1. The van der Waals surface area contributed by atoms with Crippen LogP contribution in [0.1, 0.15) is 60.9 Å². The molecular weight excluding hydrogens is 394 g/mol. The maximum absolute atomic E-state index is 13.0. The van der Waals surface area contributed by atoms with Crippen LogP contribution in [0.15, 0.2) is 71.8 Å². The van der Waals surface area contributed by atoms with E-state index in [2.05, 4.69) is 34.1 Å². The molecule has 0 spiro atoms. The van der Waals surface area contributed by atoms with Crippen molar-refractivity contribution in [3.63, 3.8) is 0 Å². The van der Waals surface area contributed by atoms with Crippen LogP contribution in [-0.4, -0.2) is 24.7 Å². The number of aromatic nitrogens is 2. The molecule has 1 N–H and O–H groups in total. The molecule has 30 heavy (non-hydrogen) atoms. The van der Waals surface area contributed by atoms with Crippen molar-refractivity contribution in [1.82, 2.24) is 14.5 Å². The van der Waals surface area contributed by atoms with E-state index in [-0.39, 0.29) is 5.92 Å². The Bertz CT molecular complexity index is 1020. The van der Waals surface area contributed by atoms with Crippen molar-refractivity contribution in [2.75, 3.05) is 6.54 Å². The highest BCUT2D eigenvalue weighted by Gasteiger charge is 2.25. The van der Waals surface area contributed by atoms with E-state index in [0.717, 1.165) is 12.8 Å². The number of aryl methyl sites for hydroxylation is 1. The standard InChI is InChI=1S/C24H29N3O2S/c1-19-24(18-27(26-19)22-14-8-9-15-22)30(28,29)25-17-16-23(20-10-4-2-5-11-20)21-12-6-3-7-13-21/h2-7,10-13,18,22-23,25H,8-9,14-17H2,1H3. The number of benzene rings is 2. The lowest BCUT2D eigenvalue weighted by molar-refractivity contribution is 0.464. The summed E-state index contributed by atoms with van der Waals surface area (Å²) in [5.41, 5.74) is 2.94. The van der Waals surface area contributed by atoms with Gasteiger partial charge in [-0.3, -0.25) is 4.68 Å². The SMILES string of the molecule is Cc1nn(C2CCCC2)cc1S(=O)(=O)NCCC(c1ccccc1)c1ccccc1. The minimum absolute atomic E-state index is 0.136. The van der Waals surface area contributed by atoms with Gasteiger partial charge in [-0.1, -0.05) is 73.5 Å². The maximum Gasteiger partial charge on any atom is 0.243 e. The molecule has 1 saturated carbocycles. The molecule has 1 aromatic heterocycles. The lowest BCUT2D eigenvalue weighted by atomic mass is 9.89. The molecule has 1 aliphatic carbocycles. The second-order valence-electron chi connectivity index (χ2n) is 8.06. The van der Waals surface area contributed by atoms with E-state index in [1.165, 1.54) is 24.0 Å². The third kappa shape index (κ3) is 4.65. The highest BCUT2D eigenvalue weighted by molar-refractivity contribution is 7.89. The summed E-state index contributed by atoms with van der Waals surface area (Å²) in [5, 5.41) is 4.49. The summed E-state index contributed by atoms with van der Waals surface area (Å²) in [6.07, 6.45) is 6.91. The van der Waals surface area contributed by atoms with Gasteiger partial charge in [0, 0.05) is 18.7 Å². The van der Waals surface area contributed by atoms with Crippen LogP contribution in [0, 0.1) is 6.92 Å². The van der Waals surface area contributed by atoms with Crippen LogP contribution >= 0.6 is 0 Å². The van der Waals surface area contributed by atoms with Crippen LogP contribution in [0.4, 0.5) is 0 Å². The van der Waals surface area contributed by atoms with E-state index in [9.17, 15) is 8.42 Å². The maximum atomic E-state index is 13.0. The summed E-state index contributed by atoms with van der Waals surface area (Å²) in [6, 6.07) is 20.8. The number of hydrogen-bond donors (Lipinski definition) is 1. The molecule has 5 nitrogen and oxygen atoms in total. The van der Waals surface area contributed by atoms with Gasteiger partial charge in [0.2, 0.25) is 10.0 Å². The van der Waals surface area contributed by atoms with Gasteiger partial charge in [-0.05, 0) is 37.3 Å². The fourth-order valence-corrected chi connectivity index (χ4v) is 5.62. The molecule has 0 saturated heterocycles. The molecule has 0 aliphatic heterocycles. The molecule has 1 aliphatic rings. The Hall–Kier alpha value is -2.44. The molecular formula is C24H29N3O2S. The fourth-order valence-electron chi connectivity index (χ4n) is 4.40. The molecule has 3 aromatic rings. The van der Waals surface area contributed by atoms with Gasteiger partial charge in [-0.2, -0.15) is 5.10 Å². The van der Waals surface area contributed by atoms with Gasteiger partial charge in [0.15, 0.2) is 0 Å². The first-order chi connectivity index (χ1) is 14.5. The van der Waals surface area contributed by atoms with Gasteiger partial charge in [-0.25, -0.2) is 13.1 Å². The van der Waals surface area contributed by atoms with E-state index in [0.29, 0.717) is 29.6 Å². The summed E-state index contributed by atoms with van der Waals surface area (Å²) in [4.78, 5) is 0.297. The van der Waals surface area contributed by atoms with Crippen LogP contribution in [0.5, 0.6) is 0 Å². The zero-order valence-electron chi connectivity index (χ0n) is 17.4. The zero-order valence-corrected chi connectivity index (χ0v) is 18.2. The molecule has 6 heteroatoms.